The Morgan fingerprint density at radius 2 is 2.19 bits per heavy atom. The second-order valence-corrected chi connectivity index (χ2v) is 4.54. The maximum Gasteiger partial charge on any atom is 0.297 e. The first-order chi connectivity index (χ1) is 10.1. The van der Waals surface area contributed by atoms with Gasteiger partial charge in [0, 0.05) is 0 Å². The van der Waals surface area contributed by atoms with Crippen LogP contribution in [0.25, 0.3) is 5.69 Å². The number of aromatic amines is 1. The molecule has 0 saturated carbocycles. The molecule has 3 aromatic rings. The lowest BCUT2D eigenvalue weighted by Crippen LogP contribution is -2.15. The molecule has 2 aromatic heterocycles. The van der Waals surface area contributed by atoms with Crippen LogP contribution < -0.4 is 5.32 Å². The molecule has 0 radical (unpaired) electrons. The number of H-pyrrole nitrogens is 1. The molecular weight excluding hydrogens is 294 g/mol. The Morgan fingerprint density at radius 3 is 2.90 bits per heavy atom. The van der Waals surface area contributed by atoms with Crippen molar-refractivity contribution in [3.8, 4) is 5.69 Å². The highest BCUT2D eigenvalue weighted by Crippen LogP contribution is 2.20. The number of amides is 1. The number of benzene rings is 1. The van der Waals surface area contributed by atoms with Gasteiger partial charge in [-0.3, -0.25) is 10.1 Å². The maximum absolute atomic E-state index is 12.0. The third kappa shape index (κ3) is 2.61. The van der Waals surface area contributed by atoms with Crippen molar-refractivity contribution in [3.63, 3.8) is 0 Å². The second kappa shape index (κ2) is 5.33. The lowest BCUT2D eigenvalue weighted by Gasteiger charge is -2.04. The summed E-state index contributed by atoms with van der Waals surface area (Å²) >= 11 is 6.12. The van der Waals surface area contributed by atoms with Crippen LogP contribution in [0.1, 0.15) is 16.4 Å². The van der Waals surface area contributed by atoms with Crippen LogP contribution in [0.4, 0.5) is 5.95 Å². The van der Waals surface area contributed by atoms with Gasteiger partial charge in [0.25, 0.3) is 5.91 Å². The molecule has 0 aliphatic carbocycles. The minimum atomic E-state index is -0.486. The Bertz CT molecular complexity index is 781. The van der Waals surface area contributed by atoms with Gasteiger partial charge in [-0.15, -0.1) is 5.10 Å². The predicted octanol–water partition coefficient (Wildman–Crippen LogP) is 1.60. The van der Waals surface area contributed by atoms with E-state index in [-0.39, 0.29) is 11.8 Å². The molecule has 1 amide bonds. The number of para-hydroxylation sites is 1. The molecule has 0 aliphatic heterocycles. The fourth-order valence-corrected chi connectivity index (χ4v) is 1.98. The number of nitrogens with zero attached hydrogens (tertiary/aromatic N) is 5. The van der Waals surface area contributed by atoms with Crippen LogP contribution in [0.15, 0.2) is 30.6 Å². The van der Waals surface area contributed by atoms with E-state index in [1.165, 1.54) is 11.0 Å². The summed E-state index contributed by atoms with van der Waals surface area (Å²) in [6, 6.07) is 7.18. The van der Waals surface area contributed by atoms with Gasteiger partial charge in [0.2, 0.25) is 11.8 Å². The number of nitrogens with one attached hydrogen (secondary N) is 2. The molecule has 0 fully saturated rings. The predicted molar refractivity (Wildman–Crippen MR) is 75.4 cm³/mol. The van der Waals surface area contributed by atoms with Crippen molar-refractivity contribution < 1.29 is 4.79 Å². The second-order valence-electron chi connectivity index (χ2n) is 4.13. The van der Waals surface area contributed by atoms with E-state index in [4.69, 9.17) is 11.6 Å². The fraction of sp³-hybridized carbons (Fsp3) is 0.0833. The minimum absolute atomic E-state index is 0.0174. The largest absolute Gasteiger partial charge is 0.297 e. The Kier molecular flexibility index (Phi) is 3.36. The first kappa shape index (κ1) is 13.3. The highest BCUT2D eigenvalue weighted by atomic mass is 35.5. The zero-order chi connectivity index (χ0) is 14.8. The third-order valence-corrected chi connectivity index (χ3v) is 3.02. The quantitative estimate of drug-likeness (QED) is 0.765. The standard InChI is InChI=1S/C12H10ClN7O/c1-7-16-10(11(21)17-12-14-6-15-18-12)19-20(7)9-5-3-2-4-8(9)13/h2-6H,1H3,(H2,14,15,17,18,21). The van der Waals surface area contributed by atoms with Crippen molar-refractivity contribution in [2.75, 3.05) is 5.32 Å². The first-order valence-corrected chi connectivity index (χ1v) is 6.38. The van der Waals surface area contributed by atoms with E-state index >= 15 is 0 Å². The van der Waals surface area contributed by atoms with Gasteiger partial charge in [0.15, 0.2) is 0 Å². The number of hydrogen-bond donors (Lipinski definition) is 2. The zero-order valence-electron chi connectivity index (χ0n) is 10.9. The molecule has 0 unspecified atom stereocenters. The molecule has 0 atom stereocenters. The van der Waals surface area contributed by atoms with Crippen LogP contribution in [0.5, 0.6) is 0 Å². The van der Waals surface area contributed by atoms with E-state index in [0.29, 0.717) is 16.5 Å². The zero-order valence-corrected chi connectivity index (χ0v) is 11.7. The number of carbonyl (C=O) groups is 1. The molecule has 0 spiro atoms. The molecule has 8 nitrogen and oxygen atoms in total. The number of anilines is 1. The van der Waals surface area contributed by atoms with Crippen molar-refractivity contribution in [3.05, 3.63) is 47.3 Å². The maximum atomic E-state index is 12.0. The third-order valence-electron chi connectivity index (χ3n) is 2.70. The summed E-state index contributed by atoms with van der Waals surface area (Å²) in [5.41, 5.74) is 0.655. The monoisotopic (exact) mass is 303 g/mol. The number of aryl methyl sites for hydroxylation is 1. The van der Waals surface area contributed by atoms with Gasteiger partial charge < -0.3 is 0 Å². The van der Waals surface area contributed by atoms with Gasteiger partial charge in [-0.2, -0.15) is 10.1 Å². The lowest BCUT2D eigenvalue weighted by atomic mass is 10.3. The normalized spacial score (nSPS) is 10.6. The van der Waals surface area contributed by atoms with Crippen molar-refractivity contribution in [1.29, 1.82) is 0 Å². The average molecular weight is 304 g/mol. The molecule has 2 heterocycles. The van der Waals surface area contributed by atoms with Gasteiger partial charge in [0.05, 0.1) is 10.7 Å². The van der Waals surface area contributed by atoms with Gasteiger partial charge in [-0.05, 0) is 19.1 Å². The van der Waals surface area contributed by atoms with E-state index in [1.54, 1.807) is 19.1 Å². The molecule has 2 N–H and O–H groups in total. The molecule has 3 rings (SSSR count). The molecule has 0 saturated heterocycles. The first-order valence-electron chi connectivity index (χ1n) is 6.00. The number of rotatable bonds is 3. The summed E-state index contributed by atoms with van der Waals surface area (Å²) in [6.07, 6.45) is 1.29. The molecule has 1 aromatic carbocycles. The van der Waals surface area contributed by atoms with Crippen molar-refractivity contribution >= 4 is 23.5 Å². The van der Waals surface area contributed by atoms with Gasteiger partial charge in [-0.25, -0.2) is 14.8 Å². The number of hydrogen-bond acceptors (Lipinski definition) is 5. The highest BCUT2D eigenvalue weighted by molar-refractivity contribution is 6.32. The molecule has 0 aliphatic rings. The van der Waals surface area contributed by atoms with Gasteiger partial charge in [0.1, 0.15) is 12.2 Å². The molecule has 0 bridgehead atoms. The summed E-state index contributed by atoms with van der Waals surface area (Å²) in [4.78, 5) is 20.0. The SMILES string of the molecule is Cc1nc(C(=O)Nc2ncn[nH]2)nn1-c1ccccc1Cl. The summed E-state index contributed by atoms with van der Waals surface area (Å²) < 4.78 is 1.51. The van der Waals surface area contributed by atoms with Crippen LogP contribution in [0, 0.1) is 6.92 Å². The van der Waals surface area contributed by atoms with E-state index in [2.05, 4.69) is 30.6 Å². The van der Waals surface area contributed by atoms with Crippen molar-refractivity contribution in [2.45, 2.75) is 6.92 Å². The summed E-state index contributed by atoms with van der Waals surface area (Å²) in [6.45, 7) is 1.74. The highest BCUT2D eigenvalue weighted by Gasteiger charge is 2.17. The van der Waals surface area contributed by atoms with E-state index in [0.717, 1.165) is 0 Å². The fourth-order valence-electron chi connectivity index (χ4n) is 1.77. The number of aromatic nitrogens is 6. The Labute approximate surface area is 124 Å². The molecule has 106 valence electrons. The summed E-state index contributed by atoms with van der Waals surface area (Å²) in [5.74, 6) is 0.307. The molecular formula is C12H10ClN7O. The Morgan fingerprint density at radius 1 is 1.38 bits per heavy atom. The van der Waals surface area contributed by atoms with Gasteiger partial charge >= 0.3 is 0 Å². The number of carbonyl (C=O) groups excluding carboxylic acids is 1. The Balaban J connectivity index is 1.91. The molecule has 9 heteroatoms. The topological polar surface area (TPSA) is 101 Å². The van der Waals surface area contributed by atoms with Crippen LogP contribution in [-0.2, 0) is 0 Å². The summed E-state index contributed by atoms with van der Waals surface area (Å²) in [7, 11) is 0. The molecule has 21 heavy (non-hydrogen) atoms. The van der Waals surface area contributed by atoms with E-state index in [9.17, 15) is 4.79 Å². The van der Waals surface area contributed by atoms with Crippen molar-refractivity contribution in [1.82, 2.24) is 29.9 Å². The van der Waals surface area contributed by atoms with E-state index < -0.39 is 5.91 Å². The smallest absolute Gasteiger partial charge is 0.288 e. The van der Waals surface area contributed by atoms with Gasteiger partial charge in [-0.1, -0.05) is 23.7 Å². The van der Waals surface area contributed by atoms with E-state index in [1.807, 2.05) is 12.1 Å². The minimum Gasteiger partial charge on any atom is -0.288 e. The average Bonchev–Trinajstić information content (AvgIpc) is 3.09. The van der Waals surface area contributed by atoms with Crippen LogP contribution in [-0.4, -0.2) is 35.9 Å². The lowest BCUT2D eigenvalue weighted by molar-refractivity contribution is 0.101. The van der Waals surface area contributed by atoms with Crippen LogP contribution in [0.2, 0.25) is 5.02 Å². The van der Waals surface area contributed by atoms with Crippen LogP contribution >= 0.6 is 11.6 Å². The Hall–Kier alpha value is -2.74. The van der Waals surface area contributed by atoms with Crippen molar-refractivity contribution in [2.24, 2.45) is 0 Å². The number of halogens is 1. The summed E-state index contributed by atoms with van der Waals surface area (Å²) in [5, 5.41) is 13.4. The van der Waals surface area contributed by atoms with Crippen LogP contribution in [0.3, 0.4) is 0 Å².